The molecule has 0 saturated carbocycles. The molecule has 158 valence electrons. The van der Waals surface area contributed by atoms with Gasteiger partial charge in [-0.05, 0) is 61.1 Å². The standard InChI is InChI=1S/C24H29N3O3/c1-3-30-23-13-19-16(12-22(23)29-2)10-11-27(15-24(25)28)21(19)9-8-17-14-26-20-7-5-4-6-18(17)20/h4-7,12-14,21,26H,3,8-11,15H2,1-2H3,(H2,25,28)/t21-/m1/s1. The number of carbonyl (C=O) groups excluding carboxylic acids is 1. The lowest BCUT2D eigenvalue weighted by Gasteiger charge is -2.37. The Morgan fingerprint density at radius 1 is 1.27 bits per heavy atom. The topological polar surface area (TPSA) is 80.6 Å². The first-order chi connectivity index (χ1) is 14.6. The molecule has 2 heterocycles. The van der Waals surface area contributed by atoms with Gasteiger partial charge in [-0.3, -0.25) is 9.69 Å². The largest absolute Gasteiger partial charge is 0.493 e. The quantitative estimate of drug-likeness (QED) is 0.598. The number of fused-ring (bicyclic) bond motifs is 2. The highest BCUT2D eigenvalue weighted by molar-refractivity contribution is 5.83. The van der Waals surface area contributed by atoms with Gasteiger partial charge in [0.1, 0.15) is 0 Å². The van der Waals surface area contributed by atoms with E-state index in [2.05, 4.69) is 46.4 Å². The SMILES string of the molecule is CCOc1cc2c(cc1OC)CCN(CC(N)=O)[C@@H]2CCc1c[nH]c2ccccc12. The van der Waals surface area contributed by atoms with Gasteiger partial charge in [-0.2, -0.15) is 0 Å². The molecule has 1 atom stereocenters. The first-order valence-electron chi connectivity index (χ1n) is 10.5. The molecule has 0 unspecified atom stereocenters. The van der Waals surface area contributed by atoms with Crippen molar-refractivity contribution in [1.29, 1.82) is 0 Å². The average molecular weight is 408 g/mol. The number of hydrogen-bond acceptors (Lipinski definition) is 4. The normalized spacial score (nSPS) is 16.4. The highest BCUT2D eigenvalue weighted by Crippen LogP contribution is 2.40. The molecule has 0 radical (unpaired) electrons. The van der Waals surface area contributed by atoms with Crippen LogP contribution in [0.15, 0.2) is 42.6 Å². The Bertz CT molecular complexity index is 1040. The highest BCUT2D eigenvalue weighted by atomic mass is 16.5. The van der Waals surface area contributed by atoms with E-state index in [0.717, 1.165) is 42.8 Å². The number of aromatic nitrogens is 1. The Balaban J connectivity index is 1.67. The van der Waals surface area contributed by atoms with Crippen molar-refractivity contribution in [2.24, 2.45) is 5.73 Å². The number of hydrogen-bond donors (Lipinski definition) is 2. The van der Waals surface area contributed by atoms with Crippen LogP contribution in [0, 0.1) is 0 Å². The lowest BCUT2D eigenvalue weighted by molar-refractivity contribution is -0.119. The van der Waals surface area contributed by atoms with Crippen LogP contribution in [-0.4, -0.2) is 42.6 Å². The van der Waals surface area contributed by atoms with Crippen LogP contribution in [0.5, 0.6) is 11.5 Å². The number of carbonyl (C=O) groups is 1. The maximum Gasteiger partial charge on any atom is 0.231 e. The Kier molecular flexibility index (Phi) is 5.95. The summed E-state index contributed by atoms with van der Waals surface area (Å²) in [6, 6.07) is 12.6. The molecule has 0 fully saturated rings. The number of primary amides is 1. The van der Waals surface area contributed by atoms with E-state index in [1.165, 1.54) is 22.1 Å². The second kappa shape index (κ2) is 8.79. The predicted octanol–water partition coefficient (Wildman–Crippen LogP) is 3.59. The highest BCUT2D eigenvalue weighted by Gasteiger charge is 2.30. The zero-order chi connectivity index (χ0) is 21.1. The third-order valence-corrected chi connectivity index (χ3v) is 5.91. The molecule has 1 aromatic heterocycles. The van der Waals surface area contributed by atoms with Crippen molar-refractivity contribution in [3.05, 3.63) is 59.3 Å². The first kappa shape index (κ1) is 20.3. The molecule has 3 N–H and O–H groups in total. The van der Waals surface area contributed by atoms with Crippen molar-refractivity contribution >= 4 is 16.8 Å². The fourth-order valence-electron chi connectivity index (χ4n) is 4.55. The van der Waals surface area contributed by atoms with Gasteiger partial charge in [0, 0.05) is 29.7 Å². The zero-order valence-corrected chi connectivity index (χ0v) is 17.6. The summed E-state index contributed by atoms with van der Waals surface area (Å²) in [7, 11) is 1.67. The van der Waals surface area contributed by atoms with Crippen molar-refractivity contribution in [3.8, 4) is 11.5 Å². The van der Waals surface area contributed by atoms with Gasteiger partial charge in [-0.1, -0.05) is 18.2 Å². The van der Waals surface area contributed by atoms with Crippen LogP contribution in [0.3, 0.4) is 0 Å². The lowest BCUT2D eigenvalue weighted by Crippen LogP contribution is -2.41. The number of nitrogens with one attached hydrogen (secondary N) is 1. The number of ether oxygens (including phenoxy) is 2. The van der Waals surface area contributed by atoms with Crippen LogP contribution in [0.25, 0.3) is 10.9 Å². The van der Waals surface area contributed by atoms with Crippen molar-refractivity contribution in [2.75, 3.05) is 26.8 Å². The number of amides is 1. The van der Waals surface area contributed by atoms with Gasteiger partial charge in [0.2, 0.25) is 5.91 Å². The van der Waals surface area contributed by atoms with E-state index in [4.69, 9.17) is 15.2 Å². The van der Waals surface area contributed by atoms with Crippen molar-refractivity contribution in [3.63, 3.8) is 0 Å². The minimum Gasteiger partial charge on any atom is -0.493 e. The average Bonchev–Trinajstić information content (AvgIpc) is 3.15. The van der Waals surface area contributed by atoms with Crippen LogP contribution >= 0.6 is 0 Å². The maximum absolute atomic E-state index is 11.7. The minimum absolute atomic E-state index is 0.0972. The molecule has 6 heteroatoms. The number of H-pyrrole nitrogens is 1. The molecule has 0 aliphatic carbocycles. The van der Waals surface area contributed by atoms with Gasteiger partial charge in [0.05, 0.1) is 20.3 Å². The molecule has 0 bridgehead atoms. The van der Waals surface area contributed by atoms with E-state index < -0.39 is 0 Å². The van der Waals surface area contributed by atoms with E-state index >= 15 is 0 Å². The number of nitrogens with two attached hydrogens (primary N) is 1. The summed E-state index contributed by atoms with van der Waals surface area (Å²) in [6.45, 7) is 3.59. The fourth-order valence-corrected chi connectivity index (χ4v) is 4.55. The maximum atomic E-state index is 11.7. The molecular formula is C24H29N3O3. The molecule has 0 spiro atoms. The van der Waals surface area contributed by atoms with Crippen LogP contribution in [0.1, 0.15) is 36.1 Å². The Labute approximate surface area is 177 Å². The fraction of sp³-hybridized carbons (Fsp3) is 0.375. The van der Waals surface area contributed by atoms with E-state index in [1.54, 1.807) is 7.11 Å². The smallest absolute Gasteiger partial charge is 0.231 e. The van der Waals surface area contributed by atoms with E-state index in [9.17, 15) is 4.79 Å². The third kappa shape index (κ3) is 4.00. The number of para-hydroxylation sites is 1. The number of aryl methyl sites for hydroxylation is 1. The molecule has 2 aromatic carbocycles. The molecule has 0 saturated heterocycles. The van der Waals surface area contributed by atoms with E-state index in [-0.39, 0.29) is 18.5 Å². The van der Waals surface area contributed by atoms with E-state index in [1.807, 2.05) is 13.0 Å². The summed E-state index contributed by atoms with van der Waals surface area (Å²) >= 11 is 0. The molecule has 6 nitrogen and oxygen atoms in total. The van der Waals surface area contributed by atoms with Crippen molar-refractivity contribution in [2.45, 2.75) is 32.2 Å². The Hall–Kier alpha value is -2.99. The number of benzene rings is 2. The predicted molar refractivity (Wildman–Crippen MR) is 118 cm³/mol. The molecule has 4 rings (SSSR count). The lowest BCUT2D eigenvalue weighted by atomic mass is 9.88. The number of nitrogens with zero attached hydrogens (tertiary/aromatic N) is 1. The minimum atomic E-state index is -0.297. The van der Waals surface area contributed by atoms with Gasteiger partial charge in [0.15, 0.2) is 11.5 Å². The van der Waals surface area contributed by atoms with Crippen LogP contribution in [0.4, 0.5) is 0 Å². The Morgan fingerprint density at radius 2 is 2.10 bits per heavy atom. The number of aromatic amines is 1. The monoisotopic (exact) mass is 407 g/mol. The van der Waals surface area contributed by atoms with E-state index in [0.29, 0.717) is 6.61 Å². The van der Waals surface area contributed by atoms with Gasteiger partial charge in [-0.15, -0.1) is 0 Å². The molecule has 3 aromatic rings. The summed E-state index contributed by atoms with van der Waals surface area (Å²) < 4.78 is 11.4. The van der Waals surface area contributed by atoms with Crippen LogP contribution < -0.4 is 15.2 Å². The number of rotatable bonds is 8. The van der Waals surface area contributed by atoms with Crippen LogP contribution in [-0.2, 0) is 17.6 Å². The van der Waals surface area contributed by atoms with Crippen LogP contribution in [0.2, 0.25) is 0 Å². The summed E-state index contributed by atoms with van der Waals surface area (Å²) in [5.41, 5.74) is 10.4. The van der Waals surface area contributed by atoms with Gasteiger partial charge in [0.25, 0.3) is 0 Å². The summed E-state index contributed by atoms with van der Waals surface area (Å²) in [5.74, 6) is 1.21. The Morgan fingerprint density at radius 3 is 2.87 bits per heavy atom. The summed E-state index contributed by atoms with van der Waals surface area (Å²) in [4.78, 5) is 17.3. The van der Waals surface area contributed by atoms with Gasteiger partial charge >= 0.3 is 0 Å². The van der Waals surface area contributed by atoms with Crippen molar-refractivity contribution in [1.82, 2.24) is 9.88 Å². The molecular weight excluding hydrogens is 378 g/mol. The molecule has 1 aliphatic heterocycles. The molecule has 1 amide bonds. The molecule has 1 aliphatic rings. The first-order valence-corrected chi connectivity index (χ1v) is 10.5. The molecule has 30 heavy (non-hydrogen) atoms. The van der Waals surface area contributed by atoms with Crippen molar-refractivity contribution < 1.29 is 14.3 Å². The second-order valence-electron chi connectivity index (χ2n) is 7.74. The zero-order valence-electron chi connectivity index (χ0n) is 17.6. The van der Waals surface area contributed by atoms with Gasteiger partial charge < -0.3 is 20.2 Å². The summed E-state index contributed by atoms with van der Waals surface area (Å²) in [5, 5.41) is 1.25. The summed E-state index contributed by atoms with van der Waals surface area (Å²) in [6.07, 6.45) is 4.74. The number of methoxy groups -OCH3 is 1. The third-order valence-electron chi connectivity index (χ3n) is 5.91. The second-order valence-corrected chi connectivity index (χ2v) is 7.74. The van der Waals surface area contributed by atoms with Gasteiger partial charge in [-0.25, -0.2) is 0 Å².